The molecule has 0 spiro atoms. The SMILES string of the molecule is CCC(=O)CC[C@H](NC(=O)c1cc(Br)cc(Br)c1)C(=O)O. The molecule has 0 aromatic heterocycles. The van der Waals surface area contributed by atoms with E-state index in [1.807, 2.05) is 0 Å². The molecule has 0 unspecified atom stereocenters. The Morgan fingerprint density at radius 3 is 2.24 bits per heavy atom. The van der Waals surface area contributed by atoms with Gasteiger partial charge in [-0.05, 0) is 24.6 Å². The predicted molar refractivity (Wildman–Crippen MR) is 85.3 cm³/mol. The van der Waals surface area contributed by atoms with Gasteiger partial charge in [0.1, 0.15) is 11.8 Å². The van der Waals surface area contributed by atoms with Gasteiger partial charge in [0.2, 0.25) is 0 Å². The van der Waals surface area contributed by atoms with Crippen molar-refractivity contribution in [2.24, 2.45) is 0 Å². The Morgan fingerprint density at radius 2 is 1.76 bits per heavy atom. The summed E-state index contributed by atoms with van der Waals surface area (Å²) in [5.41, 5.74) is 0.337. The molecule has 1 amide bonds. The third-order valence-corrected chi connectivity index (χ3v) is 3.75. The first-order valence-electron chi connectivity index (χ1n) is 6.35. The van der Waals surface area contributed by atoms with E-state index >= 15 is 0 Å². The first-order valence-corrected chi connectivity index (χ1v) is 7.93. The maximum atomic E-state index is 12.1. The van der Waals surface area contributed by atoms with E-state index in [0.717, 1.165) is 0 Å². The van der Waals surface area contributed by atoms with Crippen LogP contribution in [-0.4, -0.2) is 28.8 Å². The number of carbonyl (C=O) groups is 3. The summed E-state index contributed by atoms with van der Waals surface area (Å²) in [7, 11) is 0. The first-order chi connectivity index (χ1) is 9.83. The van der Waals surface area contributed by atoms with Crippen molar-refractivity contribution in [3.63, 3.8) is 0 Å². The lowest BCUT2D eigenvalue weighted by Crippen LogP contribution is -2.41. The lowest BCUT2D eigenvalue weighted by molar-refractivity contribution is -0.139. The van der Waals surface area contributed by atoms with Gasteiger partial charge in [0.05, 0.1) is 0 Å². The zero-order chi connectivity index (χ0) is 16.0. The molecule has 0 aliphatic carbocycles. The minimum Gasteiger partial charge on any atom is -0.480 e. The Morgan fingerprint density at radius 1 is 1.19 bits per heavy atom. The average Bonchev–Trinajstić information content (AvgIpc) is 2.41. The number of hydrogen-bond acceptors (Lipinski definition) is 3. The van der Waals surface area contributed by atoms with Gasteiger partial charge in [-0.25, -0.2) is 4.79 Å². The van der Waals surface area contributed by atoms with Gasteiger partial charge in [0, 0.05) is 27.4 Å². The van der Waals surface area contributed by atoms with Gasteiger partial charge in [-0.1, -0.05) is 38.8 Å². The third-order valence-electron chi connectivity index (χ3n) is 2.83. The topological polar surface area (TPSA) is 83.5 Å². The van der Waals surface area contributed by atoms with Crippen LogP contribution in [0.3, 0.4) is 0 Å². The Bertz CT molecular complexity index is 540. The number of nitrogens with one attached hydrogen (secondary N) is 1. The van der Waals surface area contributed by atoms with Crippen LogP contribution in [0.4, 0.5) is 0 Å². The van der Waals surface area contributed by atoms with Gasteiger partial charge in [0.15, 0.2) is 0 Å². The standard InChI is InChI=1S/C14H15Br2NO4/c1-2-11(18)3-4-12(14(20)21)17-13(19)8-5-9(15)7-10(16)6-8/h5-7,12H,2-4H2,1H3,(H,17,19)(H,20,21)/t12-/m0/s1. The van der Waals surface area contributed by atoms with Crippen molar-refractivity contribution in [2.75, 3.05) is 0 Å². The van der Waals surface area contributed by atoms with E-state index < -0.39 is 17.9 Å². The number of benzene rings is 1. The number of Topliss-reactive ketones (excluding diaryl/α,β-unsaturated/α-hetero) is 1. The lowest BCUT2D eigenvalue weighted by Gasteiger charge is -2.14. The van der Waals surface area contributed by atoms with Crippen LogP contribution in [0.2, 0.25) is 0 Å². The molecule has 114 valence electrons. The van der Waals surface area contributed by atoms with Crippen LogP contribution in [0.1, 0.15) is 36.5 Å². The molecule has 1 aromatic rings. The molecule has 1 aromatic carbocycles. The van der Waals surface area contributed by atoms with Crippen molar-refractivity contribution in [3.05, 3.63) is 32.7 Å². The summed E-state index contributed by atoms with van der Waals surface area (Å²) in [4.78, 5) is 34.5. The van der Waals surface area contributed by atoms with E-state index in [1.54, 1.807) is 25.1 Å². The number of ketones is 1. The average molecular weight is 421 g/mol. The maximum Gasteiger partial charge on any atom is 0.326 e. The second-order valence-corrected chi connectivity index (χ2v) is 6.28. The van der Waals surface area contributed by atoms with Gasteiger partial charge in [-0.2, -0.15) is 0 Å². The fourth-order valence-electron chi connectivity index (χ4n) is 1.67. The van der Waals surface area contributed by atoms with Crippen molar-refractivity contribution < 1.29 is 19.5 Å². The molecular formula is C14H15Br2NO4. The van der Waals surface area contributed by atoms with E-state index in [0.29, 0.717) is 20.9 Å². The Labute approximate surface area is 139 Å². The number of aliphatic carboxylic acids is 1. The van der Waals surface area contributed by atoms with Crippen LogP contribution in [0, 0.1) is 0 Å². The second-order valence-electron chi connectivity index (χ2n) is 4.45. The molecule has 0 fully saturated rings. The second kappa shape index (κ2) is 8.29. The summed E-state index contributed by atoms with van der Waals surface area (Å²) < 4.78 is 1.41. The van der Waals surface area contributed by atoms with Crippen molar-refractivity contribution in [3.8, 4) is 0 Å². The monoisotopic (exact) mass is 419 g/mol. The molecule has 7 heteroatoms. The predicted octanol–water partition coefficient (Wildman–Crippen LogP) is 3.15. The highest BCUT2D eigenvalue weighted by Gasteiger charge is 2.21. The largest absolute Gasteiger partial charge is 0.480 e. The number of halogens is 2. The molecule has 0 bridgehead atoms. The Hall–Kier alpha value is -1.21. The van der Waals surface area contributed by atoms with Crippen molar-refractivity contribution in [2.45, 2.75) is 32.2 Å². The van der Waals surface area contributed by atoms with Gasteiger partial charge < -0.3 is 10.4 Å². The molecule has 21 heavy (non-hydrogen) atoms. The van der Waals surface area contributed by atoms with E-state index in [-0.39, 0.29) is 18.6 Å². The minimum absolute atomic E-state index is 0.0271. The van der Waals surface area contributed by atoms with E-state index in [9.17, 15) is 14.4 Å². The molecule has 0 saturated heterocycles. The lowest BCUT2D eigenvalue weighted by atomic mass is 10.1. The van der Waals surface area contributed by atoms with E-state index in [4.69, 9.17) is 5.11 Å². The Kier molecular flexibility index (Phi) is 7.04. The molecule has 0 radical (unpaired) electrons. The number of carbonyl (C=O) groups excluding carboxylic acids is 2. The molecule has 1 rings (SSSR count). The fourth-order valence-corrected chi connectivity index (χ4v) is 2.96. The maximum absolute atomic E-state index is 12.1. The molecule has 0 aliphatic heterocycles. The number of hydrogen-bond donors (Lipinski definition) is 2. The summed E-state index contributed by atoms with van der Waals surface area (Å²) in [5, 5.41) is 11.6. The fraction of sp³-hybridized carbons (Fsp3) is 0.357. The highest BCUT2D eigenvalue weighted by atomic mass is 79.9. The van der Waals surface area contributed by atoms with Gasteiger partial charge in [-0.15, -0.1) is 0 Å². The van der Waals surface area contributed by atoms with Crippen molar-refractivity contribution in [1.82, 2.24) is 5.32 Å². The molecule has 0 heterocycles. The number of carboxylic acids is 1. The molecule has 2 N–H and O–H groups in total. The summed E-state index contributed by atoms with van der Waals surface area (Å²) in [6.45, 7) is 1.72. The van der Waals surface area contributed by atoms with Crippen LogP contribution < -0.4 is 5.32 Å². The minimum atomic E-state index is -1.15. The number of rotatable bonds is 7. The molecule has 0 saturated carbocycles. The van der Waals surface area contributed by atoms with Crippen LogP contribution in [-0.2, 0) is 9.59 Å². The van der Waals surface area contributed by atoms with Gasteiger partial charge in [-0.3, -0.25) is 9.59 Å². The number of carboxylic acid groups (broad SMARTS) is 1. The molecule has 0 aliphatic rings. The van der Waals surface area contributed by atoms with E-state index in [2.05, 4.69) is 37.2 Å². The number of amides is 1. The zero-order valence-electron chi connectivity index (χ0n) is 11.4. The molecule has 5 nitrogen and oxygen atoms in total. The molecular weight excluding hydrogens is 406 g/mol. The van der Waals surface area contributed by atoms with Gasteiger partial charge >= 0.3 is 5.97 Å². The highest BCUT2D eigenvalue weighted by Crippen LogP contribution is 2.20. The quantitative estimate of drug-likeness (QED) is 0.709. The zero-order valence-corrected chi connectivity index (χ0v) is 14.5. The summed E-state index contributed by atoms with van der Waals surface area (Å²) >= 11 is 6.53. The summed E-state index contributed by atoms with van der Waals surface area (Å²) in [5.74, 6) is -1.67. The normalized spacial score (nSPS) is 11.8. The van der Waals surface area contributed by atoms with Crippen LogP contribution in [0.5, 0.6) is 0 Å². The highest BCUT2D eigenvalue weighted by molar-refractivity contribution is 9.11. The summed E-state index contributed by atoms with van der Waals surface area (Å²) in [6.07, 6.45) is 0.581. The van der Waals surface area contributed by atoms with Crippen molar-refractivity contribution >= 4 is 49.5 Å². The smallest absolute Gasteiger partial charge is 0.326 e. The van der Waals surface area contributed by atoms with Crippen LogP contribution in [0.15, 0.2) is 27.1 Å². The molecule has 1 atom stereocenters. The van der Waals surface area contributed by atoms with Crippen LogP contribution >= 0.6 is 31.9 Å². The van der Waals surface area contributed by atoms with Crippen LogP contribution in [0.25, 0.3) is 0 Å². The third kappa shape index (κ3) is 5.97. The first kappa shape index (κ1) is 17.8. The summed E-state index contributed by atoms with van der Waals surface area (Å²) in [6, 6.07) is 3.88. The van der Waals surface area contributed by atoms with Crippen molar-refractivity contribution in [1.29, 1.82) is 0 Å². The van der Waals surface area contributed by atoms with Gasteiger partial charge in [0.25, 0.3) is 5.91 Å². The van der Waals surface area contributed by atoms with E-state index in [1.165, 1.54) is 0 Å². The Balaban J connectivity index is 2.76.